The van der Waals surface area contributed by atoms with Crippen LogP contribution in [0.1, 0.15) is 53.4 Å². The van der Waals surface area contributed by atoms with E-state index in [0.29, 0.717) is 37.1 Å². The van der Waals surface area contributed by atoms with Crippen LogP contribution < -0.4 is 14.4 Å². The first-order valence-corrected chi connectivity index (χ1v) is 15.1. The van der Waals surface area contributed by atoms with Gasteiger partial charge >= 0.3 is 0 Å². The molecule has 0 saturated heterocycles. The van der Waals surface area contributed by atoms with E-state index in [1.807, 2.05) is 63.2 Å². The molecule has 0 spiro atoms. The number of halogens is 2. The fraction of sp³-hybridized carbons (Fsp3) is 0.343. The molecule has 5 rings (SSSR count). The largest absolute Gasteiger partial charge is 0.480 e. The number of fused-ring (bicyclic) bond motifs is 1. The van der Waals surface area contributed by atoms with Crippen LogP contribution in [0.25, 0.3) is 10.8 Å². The summed E-state index contributed by atoms with van der Waals surface area (Å²) < 4.78 is 25.7. The predicted octanol–water partition coefficient (Wildman–Crippen LogP) is 7.10. The zero-order valence-electron chi connectivity index (χ0n) is 25.4. The van der Waals surface area contributed by atoms with E-state index in [0.717, 1.165) is 40.3 Å². The van der Waals surface area contributed by atoms with Crippen molar-refractivity contribution in [3.63, 3.8) is 0 Å². The molecule has 0 fully saturated rings. The molecule has 0 bridgehead atoms. The van der Waals surface area contributed by atoms with Crippen LogP contribution in [0.2, 0.25) is 5.02 Å². The van der Waals surface area contributed by atoms with Gasteiger partial charge < -0.3 is 14.4 Å². The van der Waals surface area contributed by atoms with Crippen LogP contribution in [0, 0.1) is 18.2 Å². The van der Waals surface area contributed by atoms with Gasteiger partial charge in [-0.05, 0) is 70.9 Å². The van der Waals surface area contributed by atoms with E-state index < -0.39 is 29.8 Å². The first-order valence-electron chi connectivity index (χ1n) is 14.8. The van der Waals surface area contributed by atoms with Gasteiger partial charge in [0.15, 0.2) is 12.2 Å². The number of rotatable bonds is 8. The molecule has 3 amide bonds. The van der Waals surface area contributed by atoms with E-state index in [4.69, 9.17) is 27.5 Å². The standard InChI is InChI=1S/C18H15ClFNO3.C17H21NO2/c1-3-10(2)24-16-9-15(14(20)8-13(16)19)21-17(22)11-6-4-5-7-12(11)18(21)23;1-4-18(5-2)17(19)13(3)20-16-12-8-10-14-9-6-7-11-15(14)16/h1,8-10H,4-7H2,2H3;6-13H,4-5H2,1-3H3. The first-order chi connectivity index (χ1) is 21.1. The number of carbonyl (C=O) groups excluding carboxylic acids is 3. The maximum absolute atomic E-state index is 14.4. The lowest BCUT2D eigenvalue weighted by molar-refractivity contribution is -0.137. The minimum absolute atomic E-state index is 0.0233. The van der Waals surface area contributed by atoms with E-state index in [-0.39, 0.29) is 22.4 Å². The molecule has 1 aliphatic carbocycles. The number of ether oxygens (including phenoxy) is 2. The predicted molar refractivity (Wildman–Crippen MR) is 170 cm³/mol. The molecule has 7 nitrogen and oxygen atoms in total. The maximum Gasteiger partial charge on any atom is 0.263 e. The molecule has 0 N–H and O–H groups in total. The topological polar surface area (TPSA) is 76.2 Å². The van der Waals surface area contributed by atoms with Crippen LogP contribution in [0.15, 0.2) is 65.7 Å². The van der Waals surface area contributed by atoms with E-state index in [9.17, 15) is 18.8 Å². The van der Waals surface area contributed by atoms with E-state index >= 15 is 0 Å². The SMILES string of the molecule is C#CC(C)Oc1cc(N2C(=O)C3=C(CCCC3)C2=O)c(F)cc1Cl.CCN(CC)C(=O)C(C)Oc1cccc2ccccc12. The Kier molecular flexibility index (Phi) is 10.7. The lowest BCUT2D eigenvalue weighted by Crippen LogP contribution is -2.40. The summed E-state index contributed by atoms with van der Waals surface area (Å²) >= 11 is 5.97. The van der Waals surface area contributed by atoms with Gasteiger partial charge in [0.2, 0.25) is 0 Å². The van der Waals surface area contributed by atoms with Crippen LogP contribution in [0.3, 0.4) is 0 Å². The third-order valence-corrected chi connectivity index (χ3v) is 7.94. The number of nitrogens with zero attached hydrogens (tertiary/aromatic N) is 2. The third kappa shape index (κ3) is 6.89. The van der Waals surface area contributed by atoms with Crippen LogP contribution in [-0.2, 0) is 14.4 Å². The summed E-state index contributed by atoms with van der Waals surface area (Å²) in [5.74, 6) is 1.60. The van der Waals surface area contributed by atoms with Gasteiger partial charge in [-0.1, -0.05) is 53.9 Å². The van der Waals surface area contributed by atoms with Crippen molar-refractivity contribution in [2.45, 2.75) is 65.6 Å². The molecule has 2 unspecified atom stereocenters. The van der Waals surface area contributed by atoms with Crippen LogP contribution in [0.5, 0.6) is 11.5 Å². The number of carbonyl (C=O) groups is 3. The highest BCUT2D eigenvalue weighted by atomic mass is 35.5. The Balaban J connectivity index is 0.000000204. The van der Waals surface area contributed by atoms with Gasteiger partial charge in [-0.15, -0.1) is 6.42 Å². The molecular formula is C35H36ClFN2O5. The molecule has 230 valence electrons. The summed E-state index contributed by atoms with van der Waals surface area (Å²) in [5.41, 5.74) is 0.808. The highest BCUT2D eigenvalue weighted by molar-refractivity contribution is 6.34. The quantitative estimate of drug-likeness (QED) is 0.199. The van der Waals surface area contributed by atoms with Crippen molar-refractivity contribution >= 4 is 45.8 Å². The van der Waals surface area contributed by atoms with Gasteiger partial charge in [-0.2, -0.15) is 0 Å². The zero-order valence-corrected chi connectivity index (χ0v) is 26.1. The van der Waals surface area contributed by atoms with Gasteiger partial charge in [0.25, 0.3) is 17.7 Å². The van der Waals surface area contributed by atoms with Gasteiger partial charge in [-0.3, -0.25) is 14.4 Å². The average molecular weight is 619 g/mol. The van der Waals surface area contributed by atoms with E-state index in [1.165, 1.54) is 6.07 Å². The fourth-order valence-electron chi connectivity index (χ4n) is 5.29. The Morgan fingerprint density at radius 1 is 0.977 bits per heavy atom. The molecule has 1 aliphatic heterocycles. The molecule has 0 radical (unpaired) electrons. The number of hydrogen-bond acceptors (Lipinski definition) is 5. The molecule has 2 atom stereocenters. The third-order valence-electron chi connectivity index (χ3n) is 7.65. The van der Waals surface area contributed by atoms with Gasteiger partial charge in [0.05, 0.1) is 10.7 Å². The van der Waals surface area contributed by atoms with Gasteiger partial charge in [-0.25, -0.2) is 9.29 Å². The highest BCUT2D eigenvalue weighted by Crippen LogP contribution is 2.39. The molecule has 3 aromatic carbocycles. The fourth-order valence-corrected chi connectivity index (χ4v) is 5.49. The van der Waals surface area contributed by atoms with E-state index in [1.54, 1.807) is 11.8 Å². The lowest BCUT2D eigenvalue weighted by atomic mass is 9.93. The Labute approximate surface area is 262 Å². The second-order valence-electron chi connectivity index (χ2n) is 10.5. The summed E-state index contributed by atoms with van der Waals surface area (Å²) in [6.07, 6.45) is 7.00. The van der Waals surface area contributed by atoms with Crippen molar-refractivity contribution in [1.29, 1.82) is 0 Å². The van der Waals surface area contributed by atoms with Crippen LogP contribution in [-0.4, -0.2) is 47.9 Å². The lowest BCUT2D eigenvalue weighted by Gasteiger charge is -2.23. The van der Waals surface area contributed by atoms with Crippen molar-refractivity contribution in [2.24, 2.45) is 0 Å². The number of imide groups is 1. The summed E-state index contributed by atoms with van der Waals surface area (Å²) in [5, 5.41) is 2.18. The normalized spacial score (nSPS) is 15.6. The summed E-state index contributed by atoms with van der Waals surface area (Å²) in [4.78, 5) is 40.0. The molecule has 0 aromatic heterocycles. The van der Waals surface area contributed by atoms with Gasteiger partial charge in [0, 0.05) is 35.7 Å². The Hall–Kier alpha value is -4.35. The highest BCUT2D eigenvalue weighted by Gasteiger charge is 2.41. The monoisotopic (exact) mass is 618 g/mol. The number of benzene rings is 3. The number of terminal acetylenes is 1. The van der Waals surface area contributed by atoms with Crippen molar-refractivity contribution in [1.82, 2.24) is 4.90 Å². The number of hydrogen-bond donors (Lipinski definition) is 0. The number of amides is 3. The molecule has 9 heteroatoms. The zero-order chi connectivity index (χ0) is 32.0. The summed E-state index contributed by atoms with van der Waals surface area (Å²) in [6.45, 7) is 8.81. The second kappa shape index (κ2) is 14.4. The molecule has 44 heavy (non-hydrogen) atoms. The summed E-state index contributed by atoms with van der Waals surface area (Å²) in [7, 11) is 0. The van der Waals surface area contributed by atoms with E-state index in [2.05, 4.69) is 5.92 Å². The van der Waals surface area contributed by atoms with Crippen LogP contribution >= 0.6 is 11.6 Å². The van der Waals surface area contributed by atoms with Crippen molar-refractivity contribution in [2.75, 3.05) is 18.0 Å². The molecular weight excluding hydrogens is 583 g/mol. The summed E-state index contributed by atoms with van der Waals surface area (Å²) in [6, 6.07) is 16.2. The van der Waals surface area contributed by atoms with Gasteiger partial charge in [0.1, 0.15) is 17.3 Å². The molecule has 0 saturated carbocycles. The maximum atomic E-state index is 14.4. The first kappa shape index (κ1) is 32.6. The average Bonchev–Trinajstić information content (AvgIpc) is 3.28. The Bertz CT molecular complexity index is 1610. The Morgan fingerprint density at radius 3 is 2.20 bits per heavy atom. The Morgan fingerprint density at radius 2 is 1.59 bits per heavy atom. The minimum atomic E-state index is -0.762. The molecule has 3 aromatic rings. The number of anilines is 1. The van der Waals surface area contributed by atoms with Crippen molar-refractivity contribution in [3.8, 4) is 23.8 Å². The minimum Gasteiger partial charge on any atom is -0.480 e. The second-order valence-corrected chi connectivity index (χ2v) is 10.9. The van der Waals surface area contributed by atoms with Crippen molar-refractivity contribution in [3.05, 3.63) is 76.6 Å². The molecule has 1 heterocycles. The number of likely N-dealkylation sites (N-methyl/N-ethyl adjacent to an activating group) is 1. The van der Waals surface area contributed by atoms with Crippen molar-refractivity contribution < 1.29 is 28.2 Å². The van der Waals surface area contributed by atoms with Crippen LogP contribution in [0.4, 0.5) is 10.1 Å². The molecule has 2 aliphatic rings. The smallest absolute Gasteiger partial charge is 0.263 e.